The van der Waals surface area contributed by atoms with Crippen LogP contribution in [-0.2, 0) is 71.5 Å². The second-order valence-electron chi connectivity index (χ2n) is 26.3. The molecule has 5 aliphatic heterocycles. The van der Waals surface area contributed by atoms with Crippen LogP contribution in [-0.4, -0.2) is 253 Å². The predicted molar refractivity (Wildman–Crippen MR) is 284 cm³/mol. The van der Waals surface area contributed by atoms with Gasteiger partial charge in [-0.25, -0.2) is 4.18 Å². The van der Waals surface area contributed by atoms with Crippen molar-refractivity contribution in [1.29, 1.82) is 0 Å². The van der Waals surface area contributed by atoms with Gasteiger partial charge in [-0.2, -0.15) is 8.42 Å². The zero-order valence-corrected chi connectivity index (χ0v) is 49.6. The Balaban J connectivity index is 0.995. The van der Waals surface area contributed by atoms with Crippen LogP contribution in [0.1, 0.15) is 106 Å². The van der Waals surface area contributed by atoms with E-state index >= 15 is 0 Å². The van der Waals surface area contributed by atoms with E-state index in [4.69, 9.17) is 47.4 Å². The van der Waals surface area contributed by atoms with Crippen LogP contribution in [0.4, 0.5) is 0 Å². The first-order valence-electron chi connectivity index (χ1n) is 29.3. The highest BCUT2D eigenvalue weighted by molar-refractivity contribution is 7.80. The number of hydrogen-bond acceptors (Lipinski definition) is 27. The fourth-order valence-corrected chi connectivity index (χ4v) is 17.0. The summed E-state index contributed by atoms with van der Waals surface area (Å²) < 4.78 is 97.3. The van der Waals surface area contributed by atoms with Crippen molar-refractivity contribution in [2.75, 3.05) is 26.4 Å². The molecule has 0 aromatic carbocycles. The lowest BCUT2D eigenvalue weighted by atomic mass is 9.40. The SMILES string of the molecule is C=C(C)CCC[C@](C)(OC(C)=O)[C@H]1[C@@H]2C[C@@]3(C)C4=CC[C@H]5C(C)(C)[C@@H](O[C@@H]6O[C@H](CO)[C@@H](O[C@@H]7O[C@H](COS(=O)(=O)O)[C@@H](O)[C@H](O)[C@H]7O)[C@H](O)[C@H]6O[C@@H]6O[C@H](CO)[C@@H](O[C@@H]7O[C@H](CO)[C@@H](O)[C@H](O)[C@H]7O)[C@H](O)[C@H]6O)CC[C@]5(C)[C@H]4CC[C@]13C(=O)O2. The minimum Gasteiger partial charge on any atom is -0.461 e. The van der Waals surface area contributed by atoms with Gasteiger partial charge in [0.15, 0.2) is 25.2 Å². The van der Waals surface area contributed by atoms with Crippen molar-refractivity contribution in [3.05, 3.63) is 23.8 Å². The van der Waals surface area contributed by atoms with Gasteiger partial charge in [-0.05, 0) is 94.3 Å². The van der Waals surface area contributed by atoms with E-state index in [1.807, 2.05) is 27.7 Å². The molecule has 2 bridgehead atoms. The molecule has 29 heteroatoms. The summed E-state index contributed by atoms with van der Waals surface area (Å²) in [6.07, 6.45) is -31.7. The van der Waals surface area contributed by atoms with Crippen molar-refractivity contribution < 1.29 is 135 Å². The molecule has 486 valence electrons. The van der Waals surface area contributed by atoms with Gasteiger partial charge in [-0.3, -0.25) is 14.1 Å². The first-order valence-corrected chi connectivity index (χ1v) is 30.7. The Hall–Kier alpha value is -2.51. The average molecular weight is 1240 g/mol. The molecule has 4 aliphatic carbocycles. The lowest BCUT2D eigenvalue weighted by molar-refractivity contribution is -0.401. The van der Waals surface area contributed by atoms with Crippen LogP contribution < -0.4 is 0 Å². The average Bonchev–Trinajstić information content (AvgIpc) is 1.55. The topological polar surface area (TPSA) is 433 Å². The van der Waals surface area contributed by atoms with Crippen LogP contribution in [0.5, 0.6) is 0 Å². The normalized spacial score (nSPS) is 48.4. The number of ether oxygens (including phenoxy) is 10. The maximum Gasteiger partial charge on any atom is 0.397 e. The molecule has 5 saturated heterocycles. The van der Waals surface area contributed by atoms with Gasteiger partial charge in [-0.15, -0.1) is 6.58 Å². The van der Waals surface area contributed by atoms with Gasteiger partial charge in [0.05, 0.1) is 43.9 Å². The Morgan fingerprint density at radius 2 is 1.22 bits per heavy atom. The number of aliphatic hydroxyl groups excluding tert-OH is 12. The Bertz CT molecular complexity index is 2550. The highest BCUT2D eigenvalue weighted by Gasteiger charge is 2.79. The van der Waals surface area contributed by atoms with Crippen LogP contribution >= 0.6 is 0 Å². The number of esters is 2. The first kappa shape index (κ1) is 66.9. The van der Waals surface area contributed by atoms with E-state index in [9.17, 15) is 83.8 Å². The van der Waals surface area contributed by atoms with Crippen LogP contribution in [0, 0.1) is 39.4 Å². The molecule has 0 amide bonds. The number of carbonyl (C=O) groups is 2. The van der Waals surface area contributed by atoms with E-state index in [0.717, 1.165) is 12.0 Å². The van der Waals surface area contributed by atoms with E-state index in [-0.39, 0.29) is 23.2 Å². The third-order valence-corrected chi connectivity index (χ3v) is 21.2. The van der Waals surface area contributed by atoms with Crippen molar-refractivity contribution in [2.24, 2.45) is 39.4 Å². The summed E-state index contributed by atoms with van der Waals surface area (Å²) in [5, 5.41) is 131. The summed E-state index contributed by atoms with van der Waals surface area (Å²) in [4.78, 5) is 27.3. The Morgan fingerprint density at radius 1 is 0.694 bits per heavy atom. The fraction of sp³-hybridized carbons (Fsp3) is 0.893. The summed E-state index contributed by atoms with van der Waals surface area (Å²) in [6, 6.07) is 0. The van der Waals surface area contributed by atoms with Crippen LogP contribution in [0.3, 0.4) is 0 Å². The first-order chi connectivity index (χ1) is 39.7. The number of hydrogen-bond donors (Lipinski definition) is 13. The lowest BCUT2D eigenvalue weighted by Crippen LogP contribution is -2.68. The second-order valence-corrected chi connectivity index (χ2v) is 27.4. The summed E-state index contributed by atoms with van der Waals surface area (Å²) in [6.45, 7) is 14.0. The zero-order valence-electron chi connectivity index (χ0n) is 48.8. The number of aliphatic hydroxyl groups is 12. The molecular formula is C56H88O28S. The largest absolute Gasteiger partial charge is 0.461 e. The van der Waals surface area contributed by atoms with Crippen molar-refractivity contribution in [1.82, 2.24) is 0 Å². The quantitative estimate of drug-likeness (QED) is 0.0345. The van der Waals surface area contributed by atoms with E-state index in [1.54, 1.807) is 0 Å². The van der Waals surface area contributed by atoms with E-state index < -0.39 is 206 Å². The molecule has 5 heterocycles. The third-order valence-electron chi connectivity index (χ3n) is 20.8. The molecular weight excluding hydrogens is 1150 g/mol. The Labute approximate surface area is 492 Å². The van der Waals surface area contributed by atoms with Crippen molar-refractivity contribution in [2.45, 2.75) is 247 Å². The standard InChI is InChI=1S/C56H88O28S/c1-23(2)10-9-15-55(8,84-24(3)60)46-27-18-54(7)26-11-12-32-52(4,5)33(14-16-53(32,6)25(26)13-17-56(46,54)51(70)79-27)80-50-45(42(69)44(30(21-59)77-50)82-48-40(67)37(64)35(62)31(78-48)22-74-85(71,72)73)83-49-41(68)38(65)43(29(20-58)76-49)81-47-39(66)36(63)34(61)28(19-57)75-47/h11,25,27-50,57-59,61-69H,1,9-10,12-22H2,2-8H3,(H,71,72,73)/t25-,27-,28+,29+,30+,31+,32-,33-,34+,35+,36-,37-,38+,39+,40+,41+,42-,43+,44+,45+,46+,47-,48-,49-,50-,53+,54-,55-,56+/m0/s1. The van der Waals surface area contributed by atoms with Gasteiger partial charge in [-0.1, -0.05) is 44.9 Å². The van der Waals surface area contributed by atoms with E-state index in [1.165, 1.54) is 12.5 Å². The van der Waals surface area contributed by atoms with Crippen LogP contribution in [0.15, 0.2) is 23.8 Å². The molecule has 0 aromatic heterocycles. The summed E-state index contributed by atoms with van der Waals surface area (Å²) >= 11 is 0. The Kier molecular flexibility index (Phi) is 19.6. The molecule has 8 fully saturated rings. The maximum absolute atomic E-state index is 14.5. The van der Waals surface area contributed by atoms with Crippen LogP contribution in [0.25, 0.3) is 0 Å². The number of fused-ring (bicyclic) bond motifs is 5. The Morgan fingerprint density at radius 3 is 1.79 bits per heavy atom. The van der Waals surface area contributed by atoms with E-state index in [0.29, 0.717) is 51.4 Å². The minimum atomic E-state index is -5.12. The lowest BCUT2D eigenvalue weighted by Gasteiger charge is -2.64. The summed E-state index contributed by atoms with van der Waals surface area (Å²) in [5.41, 5.74) is -1.57. The predicted octanol–water partition coefficient (Wildman–Crippen LogP) is -2.34. The zero-order chi connectivity index (χ0) is 62.4. The molecule has 13 N–H and O–H groups in total. The second kappa shape index (κ2) is 24.9. The minimum absolute atomic E-state index is 0.000606. The smallest absolute Gasteiger partial charge is 0.397 e. The third kappa shape index (κ3) is 11.8. The maximum atomic E-state index is 14.5. The molecule has 29 atom stereocenters. The number of allylic oxidation sites excluding steroid dienone is 3. The van der Waals surface area contributed by atoms with Gasteiger partial charge < -0.3 is 109 Å². The number of carbonyl (C=O) groups excluding carboxylic acids is 2. The van der Waals surface area contributed by atoms with Gasteiger partial charge >= 0.3 is 22.3 Å². The summed E-state index contributed by atoms with van der Waals surface area (Å²) in [7, 11) is -5.12. The highest BCUT2D eigenvalue weighted by atomic mass is 32.3. The fourth-order valence-electron chi connectivity index (χ4n) is 16.7. The molecule has 0 radical (unpaired) electrons. The molecule has 3 saturated carbocycles. The molecule has 0 aromatic rings. The van der Waals surface area contributed by atoms with Gasteiger partial charge in [0.2, 0.25) is 0 Å². The van der Waals surface area contributed by atoms with Gasteiger partial charge in [0.1, 0.15) is 109 Å². The van der Waals surface area contributed by atoms with Crippen molar-refractivity contribution >= 4 is 22.3 Å². The summed E-state index contributed by atoms with van der Waals surface area (Å²) in [5.74, 6) is -1.22. The monoisotopic (exact) mass is 1240 g/mol. The van der Waals surface area contributed by atoms with E-state index in [2.05, 4.69) is 30.7 Å². The molecule has 9 aliphatic rings. The van der Waals surface area contributed by atoms with Gasteiger partial charge in [0.25, 0.3) is 0 Å². The highest BCUT2D eigenvalue weighted by Crippen LogP contribution is 2.77. The van der Waals surface area contributed by atoms with Crippen molar-refractivity contribution in [3.63, 3.8) is 0 Å². The molecule has 0 unspecified atom stereocenters. The number of rotatable bonds is 20. The molecule has 85 heavy (non-hydrogen) atoms. The van der Waals surface area contributed by atoms with Crippen LogP contribution in [0.2, 0.25) is 0 Å². The molecule has 9 rings (SSSR count). The van der Waals surface area contributed by atoms with Gasteiger partial charge in [0, 0.05) is 12.3 Å². The molecule has 1 spiro atoms. The molecule has 28 nitrogen and oxygen atoms in total. The van der Waals surface area contributed by atoms with Crippen molar-refractivity contribution in [3.8, 4) is 0 Å².